The molecular weight excluding hydrogens is 615 g/mol. The first-order valence-corrected chi connectivity index (χ1v) is 16.7. The number of anilines is 4. The number of fused-ring (bicyclic) bond motifs is 3. The van der Waals surface area contributed by atoms with Crippen LogP contribution in [0.4, 0.5) is 27.4 Å². The minimum Gasteiger partial charge on any atom is -0.392 e. The predicted octanol–water partition coefficient (Wildman–Crippen LogP) is 3.08. The number of ether oxygens (including phenoxy) is 1. The van der Waals surface area contributed by atoms with Gasteiger partial charge in [0, 0.05) is 69.3 Å². The lowest BCUT2D eigenvalue weighted by Gasteiger charge is -2.42. The molecule has 3 aliphatic heterocycles. The van der Waals surface area contributed by atoms with Gasteiger partial charge in [0.15, 0.2) is 11.6 Å². The van der Waals surface area contributed by atoms with Crippen LogP contribution in [0.1, 0.15) is 40.2 Å². The van der Waals surface area contributed by atoms with Crippen molar-refractivity contribution in [2.75, 3.05) is 61.1 Å². The fraction of sp³-hybridized carbons (Fsp3) is 0.429. The van der Waals surface area contributed by atoms with Gasteiger partial charge in [-0.2, -0.15) is 0 Å². The summed E-state index contributed by atoms with van der Waals surface area (Å²) in [7, 11) is 1.62. The molecular formula is C35H39FN8O4. The second kappa shape index (κ2) is 12.5. The number of benzene rings is 1. The van der Waals surface area contributed by atoms with Crippen LogP contribution in [0.15, 0.2) is 47.4 Å². The number of halogens is 1. The molecule has 2 N–H and O–H groups in total. The van der Waals surface area contributed by atoms with Gasteiger partial charge in [0.2, 0.25) is 0 Å². The molecule has 0 atom stereocenters. The predicted molar refractivity (Wildman–Crippen MR) is 179 cm³/mol. The largest absolute Gasteiger partial charge is 0.392 e. The van der Waals surface area contributed by atoms with E-state index < -0.39 is 12.4 Å². The van der Waals surface area contributed by atoms with Crippen molar-refractivity contribution in [2.24, 2.45) is 7.05 Å². The van der Waals surface area contributed by atoms with Crippen molar-refractivity contribution in [3.63, 3.8) is 0 Å². The third kappa shape index (κ3) is 5.45. The number of carbonyl (C=O) groups is 1. The molecule has 2 saturated heterocycles. The maximum absolute atomic E-state index is 15.4. The number of aliphatic hydroxyl groups excluding tert-OH is 1. The normalized spacial score (nSPS) is 18.4. The highest BCUT2D eigenvalue weighted by Gasteiger charge is 2.33. The Morgan fingerprint density at radius 2 is 1.79 bits per heavy atom. The number of hydrogen-bond donors (Lipinski definition) is 2. The molecule has 3 aromatic heterocycles. The molecule has 1 aliphatic carbocycles. The average Bonchev–Trinajstić information content (AvgIpc) is 3.46. The minimum atomic E-state index is -0.545. The van der Waals surface area contributed by atoms with Crippen molar-refractivity contribution in [1.29, 1.82) is 0 Å². The van der Waals surface area contributed by atoms with Gasteiger partial charge in [0.25, 0.3) is 11.5 Å². The van der Waals surface area contributed by atoms with E-state index in [0.29, 0.717) is 53.0 Å². The molecule has 1 aromatic carbocycles. The highest BCUT2D eigenvalue weighted by atomic mass is 19.1. The Kier molecular flexibility index (Phi) is 7.97. The van der Waals surface area contributed by atoms with E-state index in [0.717, 1.165) is 70.9 Å². The Hall–Kier alpha value is -4.59. The molecule has 13 heteroatoms. The van der Waals surface area contributed by atoms with Gasteiger partial charge in [-0.05, 0) is 73.2 Å². The number of aliphatic hydroxyl groups is 1. The van der Waals surface area contributed by atoms with E-state index in [4.69, 9.17) is 4.74 Å². The Balaban J connectivity index is 1.06. The SMILES string of the molecule is Cn1cc(-c2cc(F)cc(N3CCn4c(cc5c4CCCC5)C3=O)c2CO)cc(Nc2ccc(N3CCN(C4COC4)CC3)nn2)c1=O. The molecule has 1 amide bonds. The summed E-state index contributed by atoms with van der Waals surface area (Å²) in [5, 5.41) is 22.5. The van der Waals surface area contributed by atoms with Crippen LogP contribution in [0, 0.1) is 5.82 Å². The van der Waals surface area contributed by atoms with Crippen LogP contribution >= 0.6 is 0 Å². The van der Waals surface area contributed by atoms with Crippen LogP contribution in [0.2, 0.25) is 0 Å². The Morgan fingerprint density at radius 3 is 2.52 bits per heavy atom. The summed E-state index contributed by atoms with van der Waals surface area (Å²) in [4.78, 5) is 33.3. The second-order valence-corrected chi connectivity index (χ2v) is 13.1. The number of hydrogen-bond acceptors (Lipinski definition) is 9. The summed E-state index contributed by atoms with van der Waals surface area (Å²) in [6.07, 6.45) is 5.74. The van der Waals surface area contributed by atoms with E-state index in [-0.39, 0.29) is 17.2 Å². The van der Waals surface area contributed by atoms with Gasteiger partial charge in [0.05, 0.1) is 31.5 Å². The fourth-order valence-corrected chi connectivity index (χ4v) is 7.55. The molecule has 0 saturated carbocycles. The Labute approximate surface area is 277 Å². The number of piperazine rings is 1. The van der Waals surface area contributed by atoms with E-state index in [1.165, 1.54) is 28.0 Å². The molecule has 250 valence electrons. The number of aromatic nitrogens is 4. The number of nitrogens with one attached hydrogen (secondary N) is 1. The first-order valence-electron chi connectivity index (χ1n) is 16.7. The highest BCUT2D eigenvalue weighted by Crippen LogP contribution is 2.37. The maximum Gasteiger partial charge on any atom is 0.274 e. The van der Waals surface area contributed by atoms with Crippen LogP contribution in [-0.4, -0.2) is 87.2 Å². The number of aryl methyl sites for hydroxylation is 2. The van der Waals surface area contributed by atoms with Crippen LogP contribution in [0.3, 0.4) is 0 Å². The monoisotopic (exact) mass is 654 g/mol. The van der Waals surface area contributed by atoms with Gasteiger partial charge in [0.1, 0.15) is 17.2 Å². The zero-order valence-electron chi connectivity index (χ0n) is 27.0. The van der Waals surface area contributed by atoms with Crippen molar-refractivity contribution in [2.45, 2.75) is 44.9 Å². The second-order valence-electron chi connectivity index (χ2n) is 13.1. The maximum atomic E-state index is 15.4. The van der Waals surface area contributed by atoms with E-state index in [1.807, 2.05) is 12.1 Å². The summed E-state index contributed by atoms with van der Waals surface area (Å²) in [5.74, 6) is 0.412. The minimum absolute atomic E-state index is 0.207. The molecule has 8 rings (SSSR count). The van der Waals surface area contributed by atoms with Gasteiger partial charge in [-0.15, -0.1) is 10.2 Å². The van der Waals surface area contributed by atoms with Crippen LogP contribution in [0.5, 0.6) is 0 Å². The molecule has 4 aliphatic rings. The third-order valence-electron chi connectivity index (χ3n) is 10.2. The number of nitrogens with zero attached hydrogens (tertiary/aromatic N) is 7. The number of amides is 1. The molecule has 6 heterocycles. The van der Waals surface area contributed by atoms with Gasteiger partial charge < -0.3 is 34.1 Å². The van der Waals surface area contributed by atoms with Gasteiger partial charge >= 0.3 is 0 Å². The smallest absolute Gasteiger partial charge is 0.274 e. The summed E-state index contributed by atoms with van der Waals surface area (Å²) in [6.45, 7) is 5.73. The van der Waals surface area contributed by atoms with E-state index in [2.05, 4.69) is 29.9 Å². The van der Waals surface area contributed by atoms with Gasteiger partial charge in [-0.25, -0.2) is 4.39 Å². The zero-order chi connectivity index (χ0) is 32.9. The van der Waals surface area contributed by atoms with E-state index in [1.54, 1.807) is 30.3 Å². The van der Waals surface area contributed by atoms with E-state index in [9.17, 15) is 14.7 Å². The molecule has 0 bridgehead atoms. The van der Waals surface area contributed by atoms with Crippen LogP contribution in [0.25, 0.3) is 11.1 Å². The fourth-order valence-electron chi connectivity index (χ4n) is 7.55. The lowest BCUT2D eigenvalue weighted by atomic mass is 9.97. The standard InChI is InChI=1S/C35H39FN8O4/c1-40-18-23(14-28(34(40)46)37-32-6-7-33(39-38-32)42-10-8-41(9-11-42)25-20-48-21-25)26-16-24(36)17-30(27(26)19-45)44-13-12-43-29-5-3-2-4-22(29)15-31(43)35(44)47/h6-7,14-18,25,45H,2-5,8-13,19-21H2,1H3,(H,37,38). The quantitative estimate of drug-likeness (QED) is 0.310. The summed E-state index contributed by atoms with van der Waals surface area (Å²) in [5.41, 5.74) is 4.61. The molecule has 48 heavy (non-hydrogen) atoms. The summed E-state index contributed by atoms with van der Waals surface area (Å²) < 4.78 is 24.2. The first-order chi connectivity index (χ1) is 23.4. The zero-order valence-corrected chi connectivity index (χ0v) is 27.0. The molecule has 0 unspecified atom stereocenters. The van der Waals surface area contributed by atoms with Crippen molar-refractivity contribution < 1.29 is 19.0 Å². The van der Waals surface area contributed by atoms with Crippen LogP contribution in [-0.2, 0) is 37.8 Å². The van der Waals surface area contributed by atoms with E-state index >= 15 is 4.39 Å². The molecule has 12 nitrogen and oxygen atoms in total. The van der Waals surface area contributed by atoms with Crippen molar-refractivity contribution >= 4 is 28.9 Å². The lowest BCUT2D eigenvalue weighted by Crippen LogP contribution is -2.56. The Bertz CT molecular complexity index is 1930. The van der Waals surface area contributed by atoms with Gasteiger partial charge in [-0.1, -0.05) is 0 Å². The van der Waals surface area contributed by atoms with Crippen LogP contribution < -0.4 is 20.7 Å². The van der Waals surface area contributed by atoms with Crippen molar-refractivity contribution in [3.05, 3.63) is 81.3 Å². The number of rotatable bonds is 7. The first kappa shape index (κ1) is 30.7. The Morgan fingerprint density at radius 1 is 0.979 bits per heavy atom. The molecule has 4 aromatic rings. The number of carbonyl (C=O) groups excluding carboxylic acids is 1. The van der Waals surface area contributed by atoms with Gasteiger partial charge in [-0.3, -0.25) is 14.5 Å². The van der Waals surface area contributed by atoms with Crippen molar-refractivity contribution in [1.82, 2.24) is 24.2 Å². The highest BCUT2D eigenvalue weighted by molar-refractivity contribution is 6.07. The topological polar surface area (TPSA) is 121 Å². The molecule has 0 radical (unpaired) electrons. The average molecular weight is 655 g/mol. The van der Waals surface area contributed by atoms with Crippen molar-refractivity contribution in [3.8, 4) is 11.1 Å². The molecule has 0 spiro atoms. The summed E-state index contributed by atoms with van der Waals surface area (Å²) >= 11 is 0. The number of pyridine rings is 1. The lowest BCUT2D eigenvalue weighted by molar-refractivity contribution is -0.0661. The third-order valence-corrected chi connectivity index (χ3v) is 10.2. The molecule has 2 fully saturated rings. The summed E-state index contributed by atoms with van der Waals surface area (Å²) in [6, 6.07) is 10.4.